The maximum Gasteiger partial charge on any atom is 0.350 e. The van der Waals surface area contributed by atoms with Crippen LogP contribution < -0.4 is 0 Å². The topological polar surface area (TPSA) is 66.9 Å². The zero-order valence-corrected chi connectivity index (χ0v) is 14.9. The highest BCUT2D eigenvalue weighted by atomic mass is 32.1. The summed E-state index contributed by atoms with van der Waals surface area (Å²) in [7, 11) is 1.61. The van der Waals surface area contributed by atoms with Crippen LogP contribution in [0.5, 0.6) is 0 Å². The fraction of sp³-hybridized carbons (Fsp3) is 0.750. The quantitative estimate of drug-likeness (QED) is 0.507. The molecule has 0 unspecified atom stereocenters. The molecule has 1 aliphatic rings. The van der Waals surface area contributed by atoms with Gasteiger partial charge in [0.15, 0.2) is 5.79 Å². The van der Waals surface area contributed by atoms with E-state index in [1.807, 2.05) is 13.8 Å². The summed E-state index contributed by atoms with van der Waals surface area (Å²) in [5.74, 6) is -0.717. The van der Waals surface area contributed by atoms with Gasteiger partial charge in [-0.1, -0.05) is 0 Å². The largest absolute Gasteiger partial charge is 0.461 e. The van der Waals surface area contributed by atoms with E-state index in [0.29, 0.717) is 37.0 Å². The molecule has 1 aliphatic heterocycles. The van der Waals surface area contributed by atoms with Gasteiger partial charge < -0.3 is 18.9 Å². The highest BCUT2D eigenvalue weighted by Crippen LogP contribution is 2.25. The minimum atomic E-state index is -0.422. The third kappa shape index (κ3) is 5.53. The second-order valence-electron chi connectivity index (χ2n) is 5.73. The molecule has 0 atom stereocenters. The van der Waals surface area contributed by atoms with Gasteiger partial charge >= 0.3 is 5.97 Å². The number of esters is 1. The number of aromatic nitrogens is 1. The fourth-order valence-corrected chi connectivity index (χ4v) is 3.41. The first-order valence-corrected chi connectivity index (χ1v) is 8.76. The number of rotatable bonds is 9. The van der Waals surface area contributed by atoms with Crippen LogP contribution in [0.4, 0.5) is 0 Å². The summed E-state index contributed by atoms with van der Waals surface area (Å²) in [6.07, 6.45) is 3.68. The molecule has 2 rings (SSSR count). The van der Waals surface area contributed by atoms with Gasteiger partial charge in [0.25, 0.3) is 0 Å². The average molecular weight is 343 g/mol. The first kappa shape index (κ1) is 18.3. The Hall–Kier alpha value is -1.02. The van der Waals surface area contributed by atoms with Gasteiger partial charge in [-0.05, 0) is 33.1 Å². The van der Waals surface area contributed by atoms with Crippen molar-refractivity contribution in [2.24, 2.45) is 0 Å². The van der Waals surface area contributed by atoms with E-state index in [1.54, 1.807) is 7.11 Å². The molecule has 0 radical (unpaired) electrons. The molecular weight excluding hydrogens is 318 g/mol. The van der Waals surface area contributed by atoms with E-state index in [1.165, 1.54) is 11.3 Å². The fourth-order valence-electron chi connectivity index (χ4n) is 2.48. The first-order valence-electron chi connectivity index (χ1n) is 7.94. The Morgan fingerprint density at radius 3 is 2.74 bits per heavy atom. The second-order valence-corrected chi connectivity index (χ2v) is 6.82. The van der Waals surface area contributed by atoms with Crippen molar-refractivity contribution in [2.75, 3.05) is 26.9 Å². The molecular formula is C16H25NO5S. The van der Waals surface area contributed by atoms with Crippen molar-refractivity contribution in [1.82, 2.24) is 4.98 Å². The molecule has 1 aromatic heterocycles. The summed E-state index contributed by atoms with van der Waals surface area (Å²) in [5, 5.41) is 0.793. The van der Waals surface area contributed by atoms with Gasteiger partial charge in [0.2, 0.25) is 0 Å². The molecule has 0 N–H and O–H groups in total. The number of carbonyl (C=O) groups is 1. The lowest BCUT2D eigenvalue weighted by molar-refractivity contribution is -0.147. The molecule has 0 saturated carbocycles. The van der Waals surface area contributed by atoms with Gasteiger partial charge in [0.1, 0.15) is 9.88 Å². The van der Waals surface area contributed by atoms with Gasteiger partial charge in [-0.2, -0.15) is 0 Å². The van der Waals surface area contributed by atoms with E-state index in [9.17, 15) is 4.79 Å². The van der Waals surface area contributed by atoms with Crippen LogP contribution in [0.1, 0.15) is 53.0 Å². The van der Waals surface area contributed by atoms with Gasteiger partial charge in [0.05, 0.1) is 32.1 Å². The Labute approximate surface area is 141 Å². The molecule has 7 heteroatoms. The van der Waals surface area contributed by atoms with Gasteiger partial charge in [-0.3, -0.25) is 0 Å². The number of unbranched alkanes of at least 4 members (excludes halogenated alkanes) is 2. The Balaban J connectivity index is 1.63. The van der Waals surface area contributed by atoms with Crippen LogP contribution >= 0.6 is 11.3 Å². The van der Waals surface area contributed by atoms with Gasteiger partial charge in [0, 0.05) is 13.5 Å². The number of nitrogens with zero attached hydrogens (tertiary/aromatic N) is 1. The van der Waals surface area contributed by atoms with Crippen LogP contribution in [0.3, 0.4) is 0 Å². The third-order valence-electron chi connectivity index (χ3n) is 3.70. The first-order chi connectivity index (χ1) is 11.0. The maximum absolute atomic E-state index is 12.0. The molecule has 2 heterocycles. The number of ether oxygens (including phenoxy) is 4. The molecule has 0 aromatic carbocycles. The van der Waals surface area contributed by atoms with Crippen molar-refractivity contribution in [2.45, 2.75) is 51.9 Å². The Morgan fingerprint density at radius 2 is 2.04 bits per heavy atom. The number of thiazole rings is 1. The predicted molar refractivity (Wildman–Crippen MR) is 86.6 cm³/mol. The van der Waals surface area contributed by atoms with Crippen molar-refractivity contribution in [1.29, 1.82) is 0 Å². The smallest absolute Gasteiger partial charge is 0.350 e. The zero-order chi connectivity index (χ0) is 16.7. The number of hydrogen-bond donors (Lipinski definition) is 0. The van der Waals surface area contributed by atoms with E-state index in [2.05, 4.69) is 4.98 Å². The van der Waals surface area contributed by atoms with Crippen LogP contribution in [0.15, 0.2) is 0 Å². The monoisotopic (exact) mass is 343 g/mol. The molecule has 0 spiro atoms. The van der Waals surface area contributed by atoms with E-state index in [4.69, 9.17) is 18.9 Å². The van der Waals surface area contributed by atoms with Crippen LogP contribution in [-0.2, 0) is 25.6 Å². The molecule has 0 aliphatic carbocycles. The maximum atomic E-state index is 12.0. The van der Waals surface area contributed by atoms with Crippen LogP contribution in [0.2, 0.25) is 0 Å². The van der Waals surface area contributed by atoms with Crippen molar-refractivity contribution in [3.63, 3.8) is 0 Å². The van der Waals surface area contributed by atoms with Crippen LogP contribution in [0, 0.1) is 6.92 Å². The Bertz CT molecular complexity index is 511. The van der Waals surface area contributed by atoms with Crippen molar-refractivity contribution >= 4 is 17.3 Å². The summed E-state index contributed by atoms with van der Waals surface area (Å²) in [4.78, 5) is 16.9. The number of carbonyl (C=O) groups excluding carboxylic acids is 1. The van der Waals surface area contributed by atoms with Crippen LogP contribution in [0.25, 0.3) is 0 Å². The molecule has 1 fully saturated rings. The molecule has 1 saturated heterocycles. The van der Waals surface area contributed by atoms with Gasteiger partial charge in [-0.15, -0.1) is 11.3 Å². The molecule has 0 bridgehead atoms. The minimum Gasteiger partial charge on any atom is -0.461 e. The van der Waals surface area contributed by atoms with Gasteiger partial charge in [-0.25, -0.2) is 9.78 Å². The number of hydrogen-bond acceptors (Lipinski definition) is 7. The molecule has 6 nitrogen and oxygen atoms in total. The molecule has 23 heavy (non-hydrogen) atoms. The minimum absolute atomic E-state index is 0.295. The SMILES string of the molecule is COCc1nc(C)c(C(=O)OCCCCCC2(C)OCCO2)s1. The summed E-state index contributed by atoms with van der Waals surface area (Å²) in [5.41, 5.74) is 0.704. The van der Waals surface area contributed by atoms with Crippen molar-refractivity contribution in [3.05, 3.63) is 15.6 Å². The molecule has 0 amide bonds. The summed E-state index contributed by atoms with van der Waals surface area (Å²) in [6.45, 7) is 5.98. The number of methoxy groups -OCH3 is 1. The van der Waals surface area contributed by atoms with E-state index < -0.39 is 5.79 Å². The Morgan fingerprint density at radius 1 is 1.30 bits per heavy atom. The summed E-state index contributed by atoms with van der Waals surface area (Å²) in [6, 6.07) is 0. The average Bonchev–Trinajstić information content (AvgIpc) is 3.09. The highest BCUT2D eigenvalue weighted by Gasteiger charge is 2.29. The number of aryl methyl sites for hydroxylation is 1. The lowest BCUT2D eigenvalue weighted by Gasteiger charge is -2.21. The van der Waals surface area contributed by atoms with E-state index in [-0.39, 0.29) is 5.97 Å². The van der Waals surface area contributed by atoms with E-state index in [0.717, 1.165) is 30.7 Å². The second kappa shape index (κ2) is 8.73. The van der Waals surface area contributed by atoms with Crippen molar-refractivity contribution < 1.29 is 23.7 Å². The zero-order valence-electron chi connectivity index (χ0n) is 14.1. The predicted octanol–water partition coefficient (Wildman–Crippen LogP) is 3.08. The van der Waals surface area contributed by atoms with Crippen LogP contribution in [-0.4, -0.2) is 43.7 Å². The third-order valence-corrected chi connectivity index (χ3v) is 4.81. The normalized spacial score (nSPS) is 16.7. The Kier molecular flexibility index (Phi) is 6.95. The van der Waals surface area contributed by atoms with Crippen molar-refractivity contribution in [3.8, 4) is 0 Å². The summed E-state index contributed by atoms with van der Waals surface area (Å²) < 4.78 is 21.5. The molecule has 130 valence electrons. The van der Waals surface area contributed by atoms with E-state index >= 15 is 0 Å². The standard InChI is InChI=1S/C16H25NO5S/c1-12-14(23-13(17-12)11-19-3)15(18)20-8-6-4-5-7-16(2)21-9-10-22-16/h4-11H2,1-3H3. The lowest BCUT2D eigenvalue weighted by atomic mass is 10.1. The lowest BCUT2D eigenvalue weighted by Crippen LogP contribution is -2.25. The highest BCUT2D eigenvalue weighted by molar-refractivity contribution is 7.13. The summed E-state index contributed by atoms with van der Waals surface area (Å²) >= 11 is 1.33. The molecule has 1 aromatic rings.